The van der Waals surface area contributed by atoms with Gasteiger partial charge in [-0.25, -0.2) is 9.59 Å². The van der Waals surface area contributed by atoms with Crippen LogP contribution in [0.15, 0.2) is 11.4 Å². The zero-order valence-electron chi connectivity index (χ0n) is 14.8. The van der Waals surface area contributed by atoms with Crippen molar-refractivity contribution in [2.24, 2.45) is 0 Å². The summed E-state index contributed by atoms with van der Waals surface area (Å²) in [5.74, 6) is -1.13. The predicted octanol–water partition coefficient (Wildman–Crippen LogP) is 1.46. The third kappa shape index (κ3) is 3.18. The highest BCUT2D eigenvalue weighted by molar-refractivity contribution is 7.10. The van der Waals surface area contributed by atoms with Crippen LogP contribution in [0.25, 0.3) is 0 Å². The van der Waals surface area contributed by atoms with E-state index in [1.807, 2.05) is 25.3 Å². The van der Waals surface area contributed by atoms with Crippen LogP contribution in [0.3, 0.4) is 0 Å². The molecule has 0 radical (unpaired) electrons. The lowest BCUT2D eigenvalue weighted by atomic mass is 9.80. The first-order chi connectivity index (χ1) is 12.4. The summed E-state index contributed by atoms with van der Waals surface area (Å²) in [6, 6.07) is 0.540. The summed E-state index contributed by atoms with van der Waals surface area (Å²) < 4.78 is 0. The minimum absolute atomic E-state index is 0.0814. The Labute approximate surface area is 155 Å². The molecule has 0 unspecified atom stereocenters. The molecule has 6 amide bonds. The molecular weight excluding hydrogens is 356 g/mol. The second-order valence-electron chi connectivity index (χ2n) is 6.67. The molecule has 0 saturated carbocycles. The van der Waals surface area contributed by atoms with Crippen LogP contribution in [0.2, 0.25) is 0 Å². The number of imide groups is 2. The first-order valence-corrected chi connectivity index (χ1v) is 9.56. The van der Waals surface area contributed by atoms with Crippen LogP contribution in [0.1, 0.15) is 43.6 Å². The molecule has 1 saturated heterocycles. The number of hydrogen-bond donors (Lipinski definition) is 3. The van der Waals surface area contributed by atoms with Crippen molar-refractivity contribution in [2.75, 3.05) is 6.54 Å². The smallest absolute Gasteiger partial charge is 0.325 e. The highest BCUT2D eigenvalue weighted by atomic mass is 32.1. The molecule has 26 heavy (non-hydrogen) atoms. The lowest BCUT2D eigenvalue weighted by Crippen LogP contribution is -2.49. The van der Waals surface area contributed by atoms with Gasteiger partial charge in [0.25, 0.3) is 5.91 Å². The van der Waals surface area contributed by atoms with E-state index in [-0.39, 0.29) is 6.04 Å². The second kappa shape index (κ2) is 7.06. The van der Waals surface area contributed by atoms with Crippen molar-refractivity contribution in [3.63, 3.8) is 0 Å². The van der Waals surface area contributed by atoms with Crippen molar-refractivity contribution < 1.29 is 19.2 Å². The number of nitrogens with one attached hydrogen (secondary N) is 3. The molecule has 0 bridgehead atoms. The van der Waals surface area contributed by atoms with E-state index in [9.17, 15) is 19.2 Å². The fourth-order valence-electron chi connectivity index (χ4n) is 3.36. The number of aryl methyl sites for hydroxylation is 1. The van der Waals surface area contributed by atoms with E-state index in [0.717, 1.165) is 34.6 Å². The number of amides is 6. The van der Waals surface area contributed by atoms with Crippen molar-refractivity contribution in [3.8, 4) is 0 Å². The van der Waals surface area contributed by atoms with Crippen LogP contribution in [0.5, 0.6) is 0 Å². The van der Waals surface area contributed by atoms with E-state index < -0.39 is 36.0 Å². The summed E-state index contributed by atoms with van der Waals surface area (Å²) in [5, 5.41) is 9.44. The molecule has 2 aliphatic rings. The first-order valence-electron chi connectivity index (χ1n) is 8.68. The molecule has 140 valence electrons. The van der Waals surface area contributed by atoms with Crippen molar-refractivity contribution in [2.45, 2.75) is 51.1 Å². The molecule has 1 aliphatic heterocycles. The Morgan fingerprint density at radius 1 is 1.42 bits per heavy atom. The van der Waals surface area contributed by atoms with E-state index in [1.165, 1.54) is 0 Å². The van der Waals surface area contributed by atoms with E-state index in [0.29, 0.717) is 6.42 Å². The van der Waals surface area contributed by atoms with Gasteiger partial charge >= 0.3 is 12.1 Å². The third-order valence-electron chi connectivity index (χ3n) is 4.88. The summed E-state index contributed by atoms with van der Waals surface area (Å²) in [6.45, 7) is 3.23. The van der Waals surface area contributed by atoms with Crippen molar-refractivity contribution in [3.05, 3.63) is 21.9 Å². The summed E-state index contributed by atoms with van der Waals surface area (Å²) in [4.78, 5) is 51.1. The van der Waals surface area contributed by atoms with Crippen LogP contribution >= 0.6 is 11.3 Å². The zero-order valence-corrected chi connectivity index (χ0v) is 15.6. The Balaban J connectivity index is 1.69. The Kier molecular flexibility index (Phi) is 4.99. The van der Waals surface area contributed by atoms with Gasteiger partial charge in [0, 0.05) is 16.5 Å². The zero-order chi connectivity index (χ0) is 18.9. The molecule has 8 nitrogen and oxygen atoms in total. The minimum Gasteiger partial charge on any atom is -0.335 e. The summed E-state index contributed by atoms with van der Waals surface area (Å²) in [6.07, 6.45) is 2.90. The topological polar surface area (TPSA) is 108 Å². The van der Waals surface area contributed by atoms with Crippen LogP contribution in [0.4, 0.5) is 9.59 Å². The summed E-state index contributed by atoms with van der Waals surface area (Å²) >= 11 is 1.57. The average molecular weight is 378 g/mol. The number of urea groups is 2. The van der Waals surface area contributed by atoms with Gasteiger partial charge in [0.1, 0.15) is 12.1 Å². The van der Waals surface area contributed by atoms with Crippen molar-refractivity contribution in [1.82, 2.24) is 20.9 Å². The normalized spacial score (nSPS) is 22.8. The van der Waals surface area contributed by atoms with Gasteiger partial charge in [-0.2, -0.15) is 0 Å². The maximum atomic E-state index is 13.0. The van der Waals surface area contributed by atoms with Gasteiger partial charge in [0.15, 0.2) is 0 Å². The van der Waals surface area contributed by atoms with Gasteiger partial charge in [-0.1, -0.05) is 6.92 Å². The maximum Gasteiger partial charge on any atom is 0.325 e. The predicted molar refractivity (Wildman–Crippen MR) is 95.6 cm³/mol. The molecule has 9 heteroatoms. The van der Waals surface area contributed by atoms with E-state index in [4.69, 9.17) is 0 Å². The Morgan fingerprint density at radius 2 is 2.19 bits per heavy atom. The van der Waals surface area contributed by atoms with E-state index in [2.05, 4.69) is 16.0 Å². The highest BCUT2D eigenvalue weighted by Crippen LogP contribution is 2.41. The monoisotopic (exact) mass is 378 g/mol. The Bertz CT molecular complexity index is 762. The fraction of sp³-hybridized carbons (Fsp3) is 0.529. The largest absolute Gasteiger partial charge is 0.335 e. The van der Waals surface area contributed by atoms with Gasteiger partial charge in [0.05, 0.1) is 0 Å². The van der Waals surface area contributed by atoms with Gasteiger partial charge < -0.3 is 10.6 Å². The van der Waals surface area contributed by atoms with Crippen LogP contribution in [0, 0.1) is 0 Å². The molecule has 2 atom stereocenters. The maximum absolute atomic E-state index is 13.0. The average Bonchev–Trinajstić information content (AvgIpc) is 3.15. The number of carbonyl (C=O) groups is 4. The van der Waals surface area contributed by atoms with E-state index >= 15 is 0 Å². The number of hydrogen-bond acceptors (Lipinski definition) is 5. The van der Waals surface area contributed by atoms with E-state index in [1.54, 1.807) is 11.3 Å². The van der Waals surface area contributed by atoms with Gasteiger partial charge in [-0.05, 0) is 44.1 Å². The molecule has 3 N–H and O–H groups in total. The van der Waals surface area contributed by atoms with Gasteiger partial charge in [-0.3, -0.25) is 19.8 Å². The SMILES string of the molecule is CC[C@H](C)NC(=O)NC(=O)CN1C(=O)N[C@@]2(CCCc3sccc32)C1=O. The quantitative estimate of drug-likeness (QED) is 0.689. The number of thiophene rings is 1. The third-order valence-corrected chi connectivity index (χ3v) is 5.86. The Hall–Kier alpha value is -2.42. The molecule has 0 aromatic carbocycles. The van der Waals surface area contributed by atoms with Crippen molar-refractivity contribution in [1.29, 1.82) is 0 Å². The molecule has 1 aliphatic carbocycles. The molecule has 1 spiro atoms. The molecule has 3 rings (SSSR count). The van der Waals surface area contributed by atoms with Crippen molar-refractivity contribution >= 4 is 35.2 Å². The van der Waals surface area contributed by atoms with Crippen LogP contribution in [-0.4, -0.2) is 41.4 Å². The number of rotatable bonds is 4. The first kappa shape index (κ1) is 18.4. The molecule has 2 heterocycles. The molecule has 1 aromatic heterocycles. The van der Waals surface area contributed by atoms with Gasteiger partial charge in [0.2, 0.25) is 5.91 Å². The highest BCUT2D eigenvalue weighted by Gasteiger charge is 2.54. The number of nitrogens with zero attached hydrogens (tertiary/aromatic N) is 1. The molecular formula is C17H22N4O4S. The molecule has 1 fully saturated rings. The van der Waals surface area contributed by atoms with Crippen LogP contribution < -0.4 is 16.0 Å². The summed E-state index contributed by atoms with van der Waals surface area (Å²) in [7, 11) is 0. The number of fused-ring (bicyclic) bond motifs is 2. The fourth-order valence-corrected chi connectivity index (χ4v) is 4.36. The lowest BCUT2D eigenvalue weighted by molar-refractivity contribution is -0.135. The standard InChI is InChI=1S/C17H22N4O4S/c1-3-10(2)18-15(24)19-13(22)9-21-14(23)17(20-16(21)25)7-4-5-12-11(17)6-8-26-12/h6,8,10H,3-5,7,9H2,1-2H3,(H,20,25)(H2,18,19,22,24)/t10-,17+/m0/s1. The lowest BCUT2D eigenvalue weighted by Gasteiger charge is -2.31. The van der Waals surface area contributed by atoms with Gasteiger partial charge in [-0.15, -0.1) is 11.3 Å². The van der Waals surface area contributed by atoms with Crippen LogP contribution in [-0.2, 0) is 21.5 Å². The second-order valence-corrected chi connectivity index (χ2v) is 7.67. The Morgan fingerprint density at radius 3 is 2.92 bits per heavy atom. The molecule has 1 aromatic rings. The summed E-state index contributed by atoms with van der Waals surface area (Å²) in [5.41, 5.74) is -0.256. The number of carbonyl (C=O) groups excluding carboxylic acids is 4. The minimum atomic E-state index is -1.08.